The molecule has 0 radical (unpaired) electrons. The quantitative estimate of drug-likeness (QED) is 0.626. The Morgan fingerprint density at radius 3 is 2.58 bits per heavy atom. The number of hydrogen-bond donors (Lipinski definition) is 0. The third-order valence-electron chi connectivity index (χ3n) is 8.18. The van der Waals surface area contributed by atoms with E-state index in [1.807, 2.05) is 46.2 Å². The Morgan fingerprint density at radius 1 is 1.00 bits per heavy atom. The molecule has 2 aromatic rings. The highest BCUT2D eigenvalue weighted by molar-refractivity contribution is 5.97. The lowest BCUT2D eigenvalue weighted by molar-refractivity contribution is -0.138. The van der Waals surface area contributed by atoms with Crippen molar-refractivity contribution >= 4 is 11.8 Å². The van der Waals surface area contributed by atoms with Crippen LogP contribution in [-0.2, 0) is 4.79 Å². The fraction of sp³-hybridized carbons (Fsp3) is 0.552. The molecule has 1 saturated carbocycles. The Balaban J connectivity index is 1.34. The average Bonchev–Trinajstić information content (AvgIpc) is 2.89. The smallest absolute Gasteiger partial charge is 0.257 e. The van der Waals surface area contributed by atoms with Gasteiger partial charge in [-0.1, -0.05) is 25.0 Å². The molecule has 36 heavy (non-hydrogen) atoms. The largest absolute Gasteiger partial charge is 0.491 e. The fourth-order valence-electron chi connectivity index (χ4n) is 5.57. The number of ether oxygens (including phenoxy) is 2. The second-order valence-electron chi connectivity index (χ2n) is 10.5. The molecule has 2 amide bonds. The van der Waals surface area contributed by atoms with Crippen molar-refractivity contribution in [2.24, 2.45) is 11.3 Å². The second kappa shape index (κ2) is 11.3. The zero-order valence-electron chi connectivity index (χ0n) is 21.1. The molecule has 0 N–H and O–H groups in total. The van der Waals surface area contributed by atoms with Gasteiger partial charge in [-0.2, -0.15) is 0 Å². The van der Waals surface area contributed by atoms with Crippen molar-refractivity contribution in [2.75, 3.05) is 39.4 Å². The lowest BCUT2D eigenvalue weighted by Gasteiger charge is -2.42. The number of para-hydroxylation sites is 1. The summed E-state index contributed by atoms with van der Waals surface area (Å²) in [5.74, 6) is 1.84. The molecule has 0 atom stereocenters. The van der Waals surface area contributed by atoms with Crippen LogP contribution in [0.2, 0.25) is 0 Å². The molecule has 0 spiro atoms. The third-order valence-corrected chi connectivity index (χ3v) is 8.18. The first-order valence-electron chi connectivity index (χ1n) is 13.5. The molecule has 1 aliphatic carbocycles. The van der Waals surface area contributed by atoms with Crippen LogP contribution in [0.3, 0.4) is 0 Å². The number of aromatic nitrogens is 1. The highest BCUT2D eigenvalue weighted by atomic mass is 16.5. The Morgan fingerprint density at radius 2 is 1.83 bits per heavy atom. The van der Waals surface area contributed by atoms with E-state index >= 15 is 0 Å². The molecule has 1 saturated heterocycles. The first kappa shape index (κ1) is 24.6. The summed E-state index contributed by atoms with van der Waals surface area (Å²) in [6.45, 7) is 3.73. The summed E-state index contributed by atoms with van der Waals surface area (Å²) >= 11 is 0. The molecule has 1 aromatic carbocycles. The topological polar surface area (TPSA) is 72.0 Å². The van der Waals surface area contributed by atoms with Crippen LogP contribution in [0.1, 0.15) is 61.7 Å². The maximum absolute atomic E-state index is 13.5. The number of fused-ring (bicyclic) bond motifs is 9. The van der Waals surface area contributed by atoms with Gasteiger partial charge in [0.15, 0.2) is 0 Å². The van der Waals surface area contributed by atoms with E-state index in [1.165, 1.54) is 0 Å². The van der Waals surface area contributed by atoms with E-state index in [0.29, 0.717) is 44.2 Å². The summed E-state index contributed by atoms with van der Waals surface area (Å²) in [6, 6.07) is 11.3. The normalized spacial score (nSPS) is 20.9. The minimum atomic E-state index is 0.00559. The van der Waals surface area contributed by atoms with Crippen LogP contribution in [-0.4, -0.2) is 66.0 Å². The number of carbonyl (C=O) groups is 2. The lowest BCUT2D eigenvalue weighted by atomic mass is 9.75. The van der Waals surface area contributed by atoms with Gasteiger partial charge in [-0.3, -0.25) is 14.6 Å². The molecule has 6 rings (SSSR count). The Bertz CT molecular complexity index is 1030. The SMILES string of the molecule is O=C1c2ccccc2OCCN(C(=O)C2CCC2)CCCCC2(COc3cccnc3)CCN1CC2. The monoisotopic (exact) mass is 491 g/mol. The number of hydrogen-bond acceptors (Lipinski definition) is 5. The van der Waals surface area contributed by atoms with Gasteiger partial charge in [0.1, 0.15) is 18.1 Å². The molecule has 1 aromatic heterocycles. The van der Waals surface area contributed by atoms with Crippen molar-refractivity contribution in [1.29, 1.82) is 0 Å². The van der Waals surface area contributed by atoms with Crippen molar-refractivity contribution in [3.05, 3.63) is 54.4 Å². The minimum Gasteiger partial charge on any atom is -0.491 e. The highest BCUT2D eigenvalue weighted by Crippen LogP contribution is 2.38. The van der Waals surface area contributed by atoms with E-state index in [9.17, 15) is 9.59 Å². The van der Waals surface area contributed by atoms with Gasteiger partial charge < -0.3 is 19.3 Å². The first-order valence-corrected chi connectivity index (χ1v) is 13.5. The molecule has 7 nitrogen and oxygen atoms in total. The fourth-order valence-corrected chi connectivity index (χ4v) is 5.57. The summed E-state index contributed by atoms with van der Waals surface area (Å²) in [6.07, 6.45) is 11.4. The van der Waals surface area contributed by atoms with Gasteiger partial charge in [0, 0.05) is 37.2 Å². The predicted octanol–water partition coefficient (Wildman–Crippen LogP) is 4.57. The van der Waals surface area contributed by atoms with Gasteiger partial charge >= 0.3 is 0 Å². The first-order chi connectivity index (χ1) is 17.6. The van der Waals surface area contributed by atoms with E-state index in [1.54, 1.807) is 12.4 Å². The number of piperidine rings is 1. The molecular weight excluding hydrogens is 454 g/mol. The maximum Gasteiger partial charge on any atom is 0.257 e. The Hall–Kier alpha value is -3.09. The third kappa shape index (κ3) is 5.66. The molecule has 4 heterocycles. The van der Waals surface area contributed by atoms with Crippen molar-refractivity contribution in [3.63, 3.8) is 0 Å². The number of carbonyl (C=O) groups excluding carboxylic acids is 2. The van der Waals surface area contributed by atoms with Gasteiger partial charge in [-0.25, -0.2) is 0 Å². The number of benzene rings is 1. The molecule has 2 bridgehead atoms. The molecule has 2 fully saturated rings. The standard InChI is InChI=1S/C29H37N3O4/c33-27(23-7-5-8-23)31-16-4-3-12-29(22-36-24-9-6-15-30-21-24)13-17-32(18-14-29)28(34)25-10-1-2-11-26(25)35-20-19-31/h1-2,6,9-11,15,21,23H,3-5,7-8,12-14,16-20,22H2. The Labute approximate surface area is 213 Å². The summed E-state index contributed by atoms with van der Waals surface area (Å²) in [7, 11) is 0. The van der Waals surface area contributed by atoms with Crippen LogP contribution < -0.4 is 9.47 Å². The van der Waals surface area contributed by atoms with Crippen molar-refractivity contribution in [2.45, 2.75) is 51.4 Å². The zero-order valence-corrected chi connectivity index (χ0v) is 21.1. The van der Waals surface area contributed by atoms with E-state index < -0.39 is 0 Å². The van der Waals surface area contributed by atoms with Crippen LogP contribution in [0.25, 0.3) is 0 Å². The van der Waals surface area contributed by atoms with Gasteiger partial charge in [0.25, 0.3) is 5.91 Å². The van der Waals surface area contributed by atoms with Crippen LogP contribution in [0.5, 0.6) is 11.5 Å². The van der Waals surface area contributed by atoms with Crippen LogP contribution >= 0.6 is 0 Å². The number of amides is 2. The van der Waals surface area contributed by atoms with E-state index in [4.69, 9.17) is 9.47 Å². The Kier molecular flexibility index (Phi) is 7.73. The molecule has 0 unspecified atom stereocenters. The summed E-state index contributed by atoms with van der Waals surface area (Å²) in [5.41, 5.74) is 0.606. The maximum atomic E-state index is 13.5. The molecule has 192 valence electrons. The van der Waals surface area contributed by atoms with Crippen molar-refractivity contribution in [1.82, 2.24) is 14.8 Å². The van der Waals surface area contributed by atoms with Crippen LogP contribution in [0.4, 0.5) is 0 Å². The zero-order chi connectivity index (χ0) is 24.8. The lowest BCUT2D eigenvalue weighted by Crippen LogP contribution is -2.45. The van der Waals surface area contributed by atoms with Crippen molar-refractivity contribution < 1.29 is 19.1 Å². The van der Waals surface area contributed by atoms with Crippen molar-refractivity contribution in [3.8, 4) is 11.5 Å². The number of rotatable bonds is 4. The van der Waals surface area contributed by atoms with Crippen LogP contribution in [0, 0.1) is 11.3 Å². The highest BCUT2D eigenvalue weighted by Gasteiger charge is 2.37. The van der Waals surface area contributed by atoms with Gasteiger partial charge in [-0.05, 0) is 62.8 Å². The molecule has 3 aliphatic heterocycles. The van der Waals surface area contributed by atoms with Crippen LogP contribution in [0.15, 0.2) is 48.8 Å². The number of pyridine rings is 1. The predicted molar refractivity (Wildman–Crippen MR) is 137 cm³/mol. The van der Waals surface area contributed by atoms with Gasteiger partial charge in [0.2, 0.25) is 5.91 Å². The summed E-state index contributed by atoms with van der Waals surface area (Å²) in [4.78, 5) is 34.7. The van der Waals surface area contributed by atoms with E-state index in [2.05, 4.69) is 4.98 Å². The van der Waals surface area contributed by atoms with Gasteiger partial charge in [-0.15, -0.1) is 0 Å². The average molecular weight is 492 g/mol. The molecule has 4 aliphatic rings. The molecule has 7 heteroatoms. The number of nitrogens with zero attached hydrogens (tertiary/aromatic N) is 3. The van der Waals surface area contributed by atoms with Gasteiger partial charge in [0.05, 0.1) is 24.9 Å². The van der Waals surface area contributed by atoms with E-state index in [-0.39, 0.29) is 23.1 Å². The minimum absolute atomic E-state index is 0.00559. The second-order valence-corrected chi connectivity index (χ2v) is 10.5. The summed E-state index contributed by atoms with van der Waals surface area (Å²) < 4.78 is 12.3. The van der Waals surface area contributed by atoms with E-state index in [0.717, 1.165) is 63.7 Å². The summed E-state index contributed by atoms with van der Waals surface area (Å²) in [5, 5.41) is 0. The molecular formula is C29H37N3O4.